The molecule has 8 heteroatoms. The van der Waals surface area contributed by atoms with Gasteiger partial charge in [0.05, 0.1) is 11.5 Å². The predicted octanol–water partition coefficient (Wildman–Crippen LogP) is 2.96. The lowest BCUT2D eigenvalue weighted by Gasteiger charge is -2.16. The van der Waals surface area contributed by atoms with Crippen molar-refractivity contribution in [2.75, 3.05) is 13.2 Å². The van der Waals surface area contributed by atoms with E-state index in [2.05, 4.69) is 0 Å². The van der Waals surface area contributed by atoms with Crippen molar-refractivity contribution in [3.63, 3.8) is 0 Å². The summed E-state index contributed by atoms with van der Waals surface area (Å²) < 4.78 is 15.2. The van der Waals surface area contributed by atoms with Gasteiger partial charge in [0.1, 0.15) is 12.4 Å². The molecule has 0 aromatic heterocycles. The number of carbonyl (C=O) groups excluding carboxylic acids is 1. The van der Waals surface area contributed by atoms with Gasteiger partial charge in [-0.05, 0) is 31.8 Å². The molecule has 1 aromatic rings. The second-order valence-corrected chi connectivity index (χ2v) is 9.43. The third-order valence-electron chi connectivity index (χ3n) is 2.09. The summed E-state index contributed by atoms with van der Waals surface area (Å²) in [5, 5.41) is 10.5. The number of hydrogen-bond donors (Lipinski definition) is 0. The summed E-state index contributed by atoms with van der Waals surface area (Å²) in [6, 6.07) is 5.16. The van der Waals surface area contributed by atoms with Crippen molar-refractivity contribution < 1.29 is 23.6 Å². The Kier molecular flexibility index (Phi) is 5.65. The minimum Gasteiger partial charge on any atom is -0.432 e. The molecule has 7 nitrogen and oxygen atoms in total. The summed E-state index contributed by atoms with van der Waals surface area (Å²) in [6.07, 6.45) is -0.863. The van der Waals surface area contributed by atoms with Crippen LogP contribution in [0.4, 0.5) is 10.5 Å². The number of benzene rings is 1. The van der Waals surface area contributed by atoms with Crippen LogP contribution in [0.5, 0.6) is 5.75 Å². The number of non-ortho nitro benzene ring substituents is 1. The molecule has 0 unspecified atom stereocenters. The first-order valence-electron chi connectivity index (χ1n) is 6.01. The molecule has 0 aliphatic carbocycles. The van der Waals surface area contributed by atoms with Crippen molar-refractivity contribution in [1.29, 1.82) is 0 Å². The van der Waals surface area contributed by atoms with Crippen LogP contribution in [0.2, 0.25) is 19.6 Å². The molecule has 0 bridgehead atoms. The average molecular weight is 299 g/mol. The molecular formula is C12H17NO6Si. The lowest BCUT2D eigenvalue weighted by Crippen LogP contribution is -2.28. The van der Waals surface area contributed by atoms with Gasteiger partial charge >= 0.3 is 6.16 Å². The smallest absolute Gasteiger partial charge is 0.432 e. The first-order chi connectivity index (χ1) is 9.28. The topological polar surface area (TPSA) is 87.9 Å². The number of ether oxygens (including phenoxy) is 2. The molecule has 110 valence electrons. The van der Waals surface area contributed by atoms with Crippen molar-refractivity contribution >= 4 is 20.2 Å². The van der Waals surface area contributed by atoms with Crippen LogP contribution in [-0.4, -0.2) is 32.6 Å². The maximum Gasteiger partial charge on any atom is 0.513 e. The Morgan fingerprint density at radius 1 is 1.20 bits per heavy atom. The highest BCUT2D eigenvalue weighted by atomic mass is 28.4. The highest BCUT2D eigenvalue weighted by Gasteiger charge is 2.14. The largest absolute Gasteiger partial charge is 0.513 e. The van der Waals surface area contributed by atoms with Gasteiger partial charge in [-0.3, -0.25) is 10.1 Å². The number of nitro benzene ring substituents is 1. The fraction of sp³-hybridized carbons (Fsp3) is 0.417. The van der Waals surface area contributed by atoms with Crippen molar-refractivity contribution in [1.82, 2.24) is 0 Å². The predicted molar refractivity (Wildman–Crippen MR) is 74.4 cm³/mol. The number of carbonyl (C=O) groups is 1. The van der Waals surface area contributed by atoms with Gasteiger partial charge in [0.25, 0.3) is 5.69 Å². The summed E-state index contributed by atoms with van der Waals surface area (Å²) in [6.45, 7) is 6.52. The number of nitro groups is 1. The molecule has 0 saturated heterocycles. The van der Waals surface area contributed by atoms with Crippen LogP contribution in [0.1, 0.15) is 0 Å². The molecule has 0 heterocycles. The zero-order valence-corrected chi connectivity index (χ0v) is 12.6. The molecule has 0 aliphatic heterocycles. The summed E-state index contributed by atoms with van der Waals surface area (Å²) in [5.41, 5.74) is -0.0748. The SMILES string of the molecule is C[Si](C)(C)OCCOC(=O)Oc1ccc([N+](=O)[O-])cc1. The van der Waals surface area contributed by atoms with E-state index in [1.54, 1.807) is 0 Å². The van der Waals surface area contributed by atoms with Gasteiger partial charge in [0, 0.05) is 12.1 Å². The van der Waals surface area contributed by atoms with Crippen LogP contribution in [0.15, 0.2) is 24.3 Å². The average Bonchev–Trinajstić information content (AvgIpc) is 2.34. The molecule has 0 saturated carbocycles. The number of rotatable bonds is 6. The third-order valence-corrected chi connectivity index (χ3v) is 3.16. The quantitative estimate of drug-likeness (QED) is 0.200. The van der Waals surface area contributed by atoms with Crippen LogP contribution in [0.25, 0.3) is 0 Å². The van der Waals surface area contributed by atoms with Crippen molar-refractivity contribution in [3.05, 3.63) is 34.4 Å². The highest BCUT2D eigenvalue weighted by molar-refractivity contribution is 6.69. The number of hydrogen-bond acceptors (Lipinski definition) is 6. The Hall–Kier alpha value is -1.93. The lowest BCUT2D eigenvalue weighted by molar-refractivity contribution is -0.384. The van der Waals surface area contributed by atoms with Crippen LogP contribution in [0.3, 0.4) is 0 Å². The molecule has 1 aromatic carbocycles. The van der Waals surface area contributed by atoms with Crippen LogP contribution < -0.4 is 4.74 Å². The Bertz CT molecular complexity index is 468. The second-order valence-electron chi connectivity index (χ2n) is 4.91. The van der Waals surface area contributed by atoms with E-state index >= 15 is 0 Å². The van der Waals surface area contributed by atoms with Gasteiger partial charge < -0.3 is 13.9 Å². The fourth-order valence-corrected chi connectivity index (χ4v) is 1.93. The summed E-state index contributed by atoms with van der Waals surface area (Å²) in [4.78, 5) is 21.3. The van der Waals surface area contributed by atoms with Gasteiger partial charge in [-0.2, -0.15) is 0 Å². The number of nitrogens with zero attached hydrogens (tertiary/aromatic N) is 1. The Morgan fingerprint density at radius 3 is 2.30 bits per heavy atom. The van der Waals surface area contributed by atoms with Crippen LogP contribution in [0, 0.1) is 10.1 Å². The summed E-state index contributed by atoms with van der Waals surface area (Å²) >= 11 is 0. The Morgan fingerprint density at radius 2 is 1.80 bits per heavy atom. The summed E-state index contributed by atoms with van der Waals surface area (Å²) in [5.74, 6) is 0.187. The first kappa shape index (κ1) is 16.1. The van der Waals surface area contributed by atoms with E-state index in [0.29, 0.717) is 6.61 Å². The fourth-order valence-electron chi connectivity index (χ4n) is 1.23. The molecule has 0 aliphatic rings. The van der Waals surface area contributed by atoms with E-state index in [0.717, 1.165) is 0 Å². The zero-order chi connectivity index (χ0) is 15.2. The monoisotopic (exact) mass is 299 g/mol. The maximum atomic E-state index is 11.3. The van der Waals surface area contributed by atoms with Crippen molar-refractivity contribution in [2.24, 2.45) is 0 Å². The minimum atomic E-state index is -1.62. The Balaban J connectivity index is 2.33. The van der Waals surface area contributed by atoms with Gasteiger partial charge in [-0.1, -0.05) is 0 Å². The van der Waals surface area contributed by atoms with E-state index in [9.17, 15) is 14.9 Å². The van der Waals surface area contributed by atoms with E-state index in [-0.39, 0.29) is 18.0 Å². The van der Waals surface area contributed by atoms with Crippen LogP contribution >= 0.6 is 0 Å². The Labute approximate surface area is 117 Å². The zero-order valence-electron chi connectivity index (χ0n) is 11.6. The minimum absolute atomic E-state index is 0.0748. The standard InChI is InChI=1S/C12H17NO6Si/c1-20(2,3)18-9-8-17-12(14)19-11-6-4-10(5-7-11)13(15)16/h4-7H,8-9H2,1-3H3. The van der Waals surface area contributed by atoms with Crippen molar-refractivity contribution in [2.45, 2.75) is 19.6 Å². The van der Waals surface area contributed by atoms with Gasteiger partial charge in [-0.25, -0.2) is 4.79 Å². The van der Waals surface area contributed by atoms with Gasteiger partial charge in [0.2, 0.25) is 0 Å². The maximum absolute atomic E-state index is 11.3. The highest BCUT2D eigenvalue weighted by Crippen LogP contribution is 2.17. The molecule has 0 N–H and O–H groups in total. The molecule has 20 heavy (non-hydrogen) atoms. The lowest BCUT2D eigenvalue weighted by atomic mass is 10.3. The normalized spacial score (nSPS) is 10.9. The third kappa shape index (κ3) is 6.30. The van der Waals surface area contributed by atoms with Gasteiger partial charge in [0.15, 0.2) is 8.32 Å². The molecule has 0 fully saturated rings. The van der Waals surface area contributed by atoms with Crippen LogP contribution in [-0.2, 0) is 9.16 Å². The van der Waals surface area contributed by atoms with E-state index in [1.165, 1.54) is 24.3 Å². The molecule has 0 atom stereocenters. The van der Waals surface area contributed by atoms with Crippen molar-refractivity contribution in [3.8, 4) is 5.75 Å². The summed E-state index contributed by atoms with van der Waals surface area (Å²) in [7, 11) is -1.62. The molecule has 0 amide bonds. The molecule has 1 rings (SSSR count). The second kappa shape index (κ2) is 7.01. The van der Waals surface area contributed by atoms with E-state index in [1.807, 2.05) is 19.6 Å². The first-order valence-corrected chi connectivity index (χ1v) is 9.42. The molecular weight excluding hydrogens is 282 g/mol. The molecule has 0 radical (unpaired) electrons. The van der Waals surface area contributed by atoms with Gasteiger partial charge in [-0.15, -0.1) is 0 Å². The molecule has 0 spiro atoms. The van der Waals surface area contributed by atoms with E-state index < -0.39 is 19.4 Å². The van der Waals surface area contributed by atoms with E-state index in [4.69, 9.17) is 13.9 Å².